The molecular weight excluding hydrogens is 364 g/mol. The van der Waals surface area contributed by atoms with Crippen molar-refractivity contribution in [3.05, 3.63) is 47.0 Å². The maximum atomic E-state index is 13.4. The number of amides is 2. The van der Waals surface area contributed by atoms with E-state index in [0.717, 1.165) is 68.6 Å². The first-order valence-corrected chi connectivity index (χ1v) is 10.9. The zero-order chi connectivity index (χ0) is 20.4. The second kappa shape index (κ2) is 8.39. The van der Waals surface area contributed by atoms with Gasteiger partial charge in [-0.25, -0.2) is 4.98 Å². The first-order valence-electron chi connectivity index (χ1n) is 10.9. The molecule has 2 aliphatic heterocycles. The Hall–Kier alpha value is -2.63. The number of benzene rings is 1. The molecule has 29 heavy (non-hydrogen) atoms. The van der Waals surface area contributed by atoms with Gasteiger partial charge >= 0.3 is 0 Å². The van der Waals surface area contributed by atoms with Gasteiger partial charge in [0.1, 0.15) is 5.69 Å². The van der Waals surface area contributed by atoms with Crippen LogP contribution in [-0.2, 0) is 13.0 Å². The fraction of sp³-hybridized carbons (Fsp3) is 0.522. The lowest BCUT2D eigenvalue weighted by atomic mass is 9.99. The van der Waals surface area contributed by atoms with Crippen molar-refractivity contribution in [3.63, 3.8) is 0 Å². The largest absolute Gasteiger partial charge is 0.334 e. The molecule has 2 amide bonds. The third kappa shape index (κ3) is 3.93. The smallest absolute Gasteiger partial charge is 0.291 e. The van der Waals surface area contributed by atoms with Crippen LogP contribution in [0.15, 0.2) is 24.3 Å². The lowest BCUT2D eigenvalue weighted by Gasteiger charge is -2.35. The maximum absolute atomic E-state index is 13.4. The van der Waals surface area contributed by atoms with Crippen LogP contribution in [0.3, 0.4) is 0 Å². The first kappa shape index (κ1) is 19.7. The number of carbonyl (C=O) groups excluding carboxylic acids is 2. The van der Waals surface area contributed by atoms with Crippen LogP contribution in [0.5, 0.6) is 0 Å². The molecule has 2 aliphatic rings. The number of aromatic nitrogens is 2. The fourth-order valence-corrected chi connectivity index (χ4v) is 4.54. The minimum Gasteiger partial charge on any atom is -0.334 e. The third-order valence-electron chi connectivity index (χ3n) is 6.19. The van der Waals surface area contributed by atoms with Crippen molar-refractivity contribution in [1.82, 2.24) is 14.5 Å². The number of carbonyl (C=O) groups is 2. The van der Waals surface area contributed by atoms with Gasteiger partial charge in [0.2, 0.25) is 0 Å². The molecule has 1 atom stereocenters. The quantitative estimate of drug-likeness (QED) is 0.846. The van der Waals surface area contributed by atoms with Crippen molar-refractivity contribution < 1.29 is 9.59 Å². The van der Waals surface area contributed by atoms with E-state index in [1.807, 2.05) is 40.7 Å². The van der Waals surface area contributed by atoms with Crippen LogP contribution in [0.25, 0.3) is 0 Å². The molecule has 0 radical (unpaired) electrons. The van der Waals surface area contributed by atoms with E-state index in [1.54, 1.807) is 0 Å². The Morgan fingerprint density at radius 2 is 1.86 bits per heavy atom. The van der Waals surface area contributed by atoms with Gasteiger partial charge in [-0.2, -0.15) is 0 Å². The molecule has 1 saturated heterocycles. The Kier molecular flexibility index (Phi) is 5.69. The number of likely N-dealkylation sites (tertiary alicyclic amines) is 1. The molecule has 1 aromatic carbocycles. The highest BCUT2D eigenvalue weighted by Gasteiger charge is 2.33. The van der Waals surface area contributed by atoms with E-state index in [9.17, 15) is 9.59 Å². The van der Waals surface area contributed by atoms with E-state index in [4.69, 9.17) is 0 Å². The Labute approximate surface area is 172 Å². The van der Waals surface area contributed by atoms with Crippen molar-refractivity contribution in [2.75, 3.05) is 11.9 Å². The highest BCUT2D eigenvalue weighted by atomic mass is 16.2. The second-order valence-corrected chi connectivity index (χ2v) is 8.22. The van der Waals surface area contributed by atoms with Gasteiger partial charge in [0.25, 0.3) is 11.8 Å². The number of anilines is 1. The van der Waals surface area contributed by atoms with E-state index in [-0.39, 0.29) is 17.9 Å². The molecule has 0 aliphatic carbocycles. The number of rotatable bonds is 4. The molecule has 0 spiro atoms. The normalized spacial score (nSPS) is 19.0. The Morgan fingerprint density at radius 3 is 2.62 bits per heavy atom. The minimum absolute atomic E-state index is 0.00316. The van der Waals surface area contributed by atoms with Gasteiger partial charge < -0.3 is 14.8 Å². The molecule has 1 N–H and O–H groups in total. The molecule has 3 heterocycles. The average molecular weight is 395 g/mol. The molecule has 0 bridgehead atoms. The molecular formula is C23H30N4O2. The highest BCUT2D eigenvalue weighted by molar-refractivity contribution is 6.03. The molecule has 6 nitrogen and oxygen atoms in total. The Morgan fingerprint density at radius 1 is 1.10 bits per heavy atom. The summed E-state index contributed by atoms with van der Waals surface area (Å²) in [4.78, 5) is 33.0. The van der Waals surface area contributed by atoms with Crippen LogP contribution >= 0.6 is 0 Å². The molecule has 0 saturated carbocycles. The van der Waals surface area contributed by atoms with Crippen LogP contribution in [0.2, 0.25) is 0 Å². The first-order chi connectivity index (χ1) is 14.1. The van der Waals surface area contributed by atoms with Crippen molar-refractivity contribution in [2.45, 2.75) is 71.4 Å². The summed E-state index contributed by atoms with van der Waals surface area (Å²) in [6.07, 6.45) is 7.07. The minimum atomic E-state index is -0.248. The van der Waals surface area contributed by atoms with Crippen LogP contribution in [-0.4, -0.2) is 38.9 Å². The van der Waals surface area contributed by atoms with E-state index >= 15 is 0 Å². The van der Waals surface area contributed by atoms with Crippen LogP contribution in [0.1, 0.15) is 77.8 Å². The van der Waals surface area contributed by atoms with Crippen LogP contribution in [0, 0.1) is 6.92 Å². The number of hydrogen-bond acceptors (Lipinski definition) is 3. The summed E-state index contributed by atoms with van der Waals surface area (Å²) in [5.41, 5.74) is 3.29. The zero-order valence-corrected chi connectivity index (χ0v) is 17.4. The van der Waals surface area contributed by atoms with E-state index < -0.39 is 0 Å². The van der Waals surface area contributed by atoms with Crippen molar-refractivity contribution >= 4 is 17.5 Å². The Balaban J connectivity index is 1.64. The lowest BCUT2D eigenvalue weighted by Crippen LogP contribution is -2.44. The SMILES string of the molecule is CCC1CCCCN1C(=O)c1nc(C(=O)Nc2ccc(C)cc2)n2c1CCCC2. The summed E-state index contributed by atoms with van der Waals surface area (Å²) in [6, 6.07) is 7.99. The number of fused-ring (bicyclic) bond motifs is 1. The number of nitrogens with zero attached hydrogens (tertiary/aromatic N) is 3. The lowest BCUT2D eigenvalue weighted by molar-refractivity contribution is 0.0600. The monoisotopic (exact) mass is 394 g/mol. The average Bonchev–Trinajstić information content (AvgIpc) is 3.14. The van der Waals surface area contributed by atoms with Gasteiger partial charge in [-0.15, -0.1) is 0 Å². The highest BCUT2D eigenvalue weighted by Crippen LogP contribution is 2.26. The number of imidazole rings is 1. The number of piperidine rings is 1. The number of hydrogen-bond donors (Lipinski definition) is 1. The van der Waals surface area contributed by atoms with E-state index in [2.05, 4.69) is 17.2 Å². The standard InChI is InChI=1S/C23H30N4O2/c1-3-18-8-4-6-14-26(18)23(29)20-19-9-5-7-15-27(19)21(25-20)22(28)24-17-12-10-16(2)11-13-17/h10-13,18H,3-9,14-15H2,1-2H3,(H,24,28). The third-order valence-corrected chi connectivity index (χ3v) is 6.19. The Bertz CT molecular complexity index is 900. The summed E-state index contributed by atoms with van der Waals surface area (Å²) in [5, 5.41) is 2.94. The summed E-state index contributed by atoms with van der Waals surface area (Å²) in [6.45, 7) is 5.68. The van der Waals surface area contributed by atoms with Gasteiger partial charge in [-0.1, -0.05) is 24.6 Å². The zero-order valence-electron chi connectivity index (χ0n) is 17.4. The summed E-state index contributed by atoms with van der Waals surface area (Å²) in [5.74, 6) is 0.104. The fourth-order valence-electron chi connectivity index (χ4n) is 4.54. The summed E-state index contributed by atoms with van der Waals surface area (Å²) < 4.78 is 1.96. The van der Waals surface area contributed by atoms with Crippen LogP contribution < -0.4 is 5.32 Å². The van der Waals surface area contributed by atoms with Gasteiger partial charge in [0, 0.05) is 24.8 Å². The van der Waals surface area contributed by atoms with E-state index in [0.29, 0.717) is 11.5 Å². The van der Waals surface area contributed by atoms with Gasteiger partial charge in [-0.05, 0) is 64.0 Å². The predicted molar refractivity (Wildman–Crippen MR) is 113 cm³/mol. The molecule has 4 rings (SSSR count). The molecule has 6 heteroatoms. The molecule has 1 aromatic heterocycles. The maximum Gasteiger partial charge on any atom is 0.291 e. The summed E-state index contributed by atoms with van der Waals surface area (Å²) in [7, 11) is 0. The van der Waals surface area contributed by atoms with Gasteiger partial charge in [0.15, 0.2) is 5.82 Å². The molecule has 2 aromatic rings. The van der Waals surface area contributed by atoms with Crippen molar-refractivity contribution in [1.29, 1.82) is 0 Å². The number of aryl methyl sites for hydroxylation is 1. The van der Waals surface area contributed by atoms with Gasteiger partial charge in [0.05, 0.1) is 5.69 Å². The molecule has 1 unspecified atom stereocenters. The van der Waals surface area contributed by atoms with Gasteiger partial charge in [-0.3, -0.25) is 9.59 Å². The van der Waals surface area contributed by atoms with Crippen LogP contribution in [0.4, 0.5) is 5.69 Å². The molecule has 1 fully saturated rings. The molecule has 154 valence electrons. The van der Waals surface area contributed by atoms with Crippen molar-refractivity contribution in [3.8, 4) is 0 Å². The number of nitrogens with one attached hydrogen (secondary N) is 1. The second-order valence-electron chi connectivity index (χ2n) is 8.22. The predicted octanol–water partition coefficient (Wildman–Crippen LogP) is 4.18. The van der Waals surface area contributed by atoms with E-state index in [1.165, 1.54) is 6.42 Å². The topological polar surface area (TPSA) is 67.2 Å². The summed E-state index contributed by atoms with van der Waals surface area (Å²) >= 11 is 0. The van der Waals surface area contributed by atoms with Crippen molar-refractivity contribution in [2.24, 2.45) is 0 Å².